The number of nitrogens with zero attached hydrogens (tertiary/aromatic N) is 3. The number of benzene rings is 1. The van der Waals surface area contributed by atoms with Gasteiger partial charge in [0, 0.05) is 26.1 Å². The van der Waals surface area contributed by atoms with Crippen LogP contribution in [0.2, 0.25) is 5.15 Å². The second kappa shape index (κ2) is 6.79. The second-order valence-corrected chi connectivity index (χ2v) is 10.1. The van der Waals surface area contributed by atoms with Gasteiger partial charge in [-0.25, -0.2) is 12.8 Å². The highest BCUT2D eigenvalue weighted by molar-refractivity contribution is 7.89. The molecule has 1 aliphatic carbocycles. The Morgan fingerprint density at radius 2 is 2.11 bits per heavy atom. The first-order valence-electron chi connectivity index (χ1n) is 9.32. The number of hydrogen-bond acceptors (Lipinski definition) is 4. The van der Waals surface area contributed by atoms with E-state index in [4.69, 9.17) is 11.6 Å². The van der Waals surface area contributed by atoms with Gasteiger partial charge in [0.1, 0.15) is 15.9 Å². The normalized spacial score (nSPS) is 28.5. The number of rotatable bonds is 3. The molecule has 1 saturated heterocycles. The minimum atomic E-state index is -3.85. The SMILES string of the molecule is Cc1nn(C)c(Cl)c1S(=O)(=O)N1C[C@@H]2CCC[C@@](O)(c3cccc(F)c3)[C@H]2C1. The smallest absolute Gasteiger partial charge is 0.248 e. The molecule has 0 spiro atoms. The van der Waals surface area contributed by atoms with E-state index >= 15 is 0 Å². The molecule has 1 saturated carbocycles. The fraction of sp³-hybridized carbons (Fsp3) is 0.526. The molecule has 2 aliphatic rings. The minimum Gasteiger partial charge on any atom is -0.385 e. The highest BCUT2D eigenvalue weighted by Crippen LogP contribution is 2.49. The maximum atomic E-state index is 13.8. The van der Waals surface area contributed by atoms with Crippen molar-refractivity contribution in [2.45, 2.75) is 36.7 Å². The summed E-state index contributed by atoms with van der Waals surface area (Å²) >= 11 is 6.20. The predicted molar refractivity (Wildman–Crippen MR) is 103 cm³/mol. The highest BCUT2D eigenvalue weighted by Gasteiger charge is 2.52. The van der Waals surface area contributed by atoms with Gasteiger partial charge in [-0.05, 0) is 49.8 Å². The van der Waals surface area contributed by atoms with Crippen molar-refractivity contribution in [3.05, 3.63) is 46.5 Å². The van der Waals surface area contributed by atoms with Gasteiger partial charge < -0.3 is 5.11 Å². The molecule has 1 aromatic carbocycles. The molecule has 2 heterocycles. The number of aryl methyl sites for hydroxylation is 2. The molecule has 3 atom stereocenters. The number of aliphatic hydroxyl groups is 1. The van der Waals surface area contributed by atoms with E-state index in [9.17, 15) is 17.9 Å². The van der Waals surface area contributed by atoms with Crippen molar-refractivity contribution in [3.63, 3.8) is 0 Å². The van der Waals surface area contributed by atoms with Gasteiger partial charge in [-0.15, -0.1) is 0 Å². The first-order valence-corrected chi connectivity index (χ1v) is 11.1. The number of aromatic nitrogens is 2. The fourth-order valence-corrected chi connectivity index (χ4v) is 7.06. The molecule has 0 radical (unpaired) electrons. The Kier molecular flexibility index (Phi) is 4.81. The topological polar surface area (TPSA) is 75.4 Å². The highest BCUT2D eigenvalue weighted by atomic mass is 35.5. The van der Waals surface area contributed by atoms with Crippen LogP contribution in [0, 0.1) is 24.6 Å². The largest absolute Gasteiger partial charge is 0.385 e. The lowest BCUT2D eigenvalue weighted by Crippen LogP contribution is -2.43. The standard InChI is InChI=1S/C19H23ClFN3O3S/c1-12-17(18(20)23(2)22-12)28(26,27)24-10-13-5-4-8-19(25,16(13)11-24)14-6-3-7-15(21)9-14/h3,6-7,9,13,16,25H,4-5,8,10-11H2,1-2H3/t13-,16-,19+/m0/s1. The van der Waals surface area contributed by atoms with E-state index in [-0.39, 0.29) is 28.4 Å². The van der Waals surface area contributed by atoms with Crippen LogP contribution in [0.3, 0.4) is 0 Å². The van der Waals surface area contributed by atoms with E-state index in [1.807, 2.05) is 0 Å². The summed E-state index contributed by atoms with van der Waals surface area (Å²) in [6.07, 6.45) is 2.07. The van der Waals surface area contributed by atoms with Crippen LogP contribution in [0.1, 0.15) is 30.5 Å². The molecule has 1 aromatic heterocycles. The minimum absolute atomic E-state index is 0.00699. The van der Waals surface area contributed by atoms with Crippen molar-refractivity contribution in [1.82, 2.24) is 14.1 Å². The summed E-state index contributed by atoms with van der Waals surface area (Å²) < 4.78 is 43.1. The summed E-state index contributed by atoms with van der Waals surface area (Å²) in [6, 6.07) is 5.98. The zero-order valence-electron chi connectivity index (χ0n) is 15.8. The maximum absolute atomic E-state index is 13.8. The first kappa shape index (κ1) is 19.8. The van der Waals surface area contributed by atoms with Crippen molar-refractivity contribution < 1.29 is 17.9 Å². The van der Waals surface area contributed by atoms with Gasteiger partial charge in [0.15, 0.2) is 0 Å². The Balaban J connectivity index is 1.70. The molecule has 4 rings (SSSR count). The molecule has 6 nitrogen and oxygen atoms in total. The zero-order chi connectivity index (χ0) is 20.3. The molecule has 1 N–H and O–H groups in total. The lowest BCUT2D eigenvalue weighted by molar-refractivity contribution is -0.0642. The molecular formula is C19H23ClFN3O3S. The van der Waals surface area contributed by atoms with Crippen molar-refractivity contribution >= 4 is 21.6 Å². The van der Waals surface area contributed by atoms with Crippen molar-refractivity contribution in [3.8, 4) is 0 Å². The molecule has 2 fully saturated rings. The number of hydrogen-bond donors (Lipinski definition) is 1. The maximum Gasteiger partial charge on any atom is 0.248 e. The Labute approximate surface area is 169 Å². The van der Waals surface area contributed by atoms with E-state index in [2.05, 4.69) is 5.10 Å². The lowest BCUT2D eigenvalue weighted by Gasteiger charge is -2.41. The van der Waals surface area contributed by atoms with E-state index in [0.29, 0.717) is 24.2 Å². The average Bonchev–Trinajstić information content (AvgIpc) is 3.18. The van der Waals surface area contributed by atoms with Gasteiger partial charge in [0.25, 0.3) is 0 Å². The van der Waals surface area contributed by atoms with Gasteiger partial charge in [-0.3, -0.25) is 4.68 Å². The zero-order valence-corrected chi connectivity index (χ0v) is 17.3. The Hall–Kier alpha value is -1.48. The third-order valence-electron chi connectivity index (χ3n) is 6.18. The van der Waals surface area contributed by atoms with Crippen molar-refractivity contribution in [2.24, 2.45) is 18.9 Å². The van der Waals surface area contributed by atoms with Gasteiger partial charge in [0.2, 0.25) is 10.0 Å². The van der Waals surface area contributed by atoms with Crippen LogP contribution in [-0.2, 0) is 22.7 Å². The van der Waals surface area contributed by atoms with E-state index in [1.54, 1.807) is 26.1 Å². The number of halogens is 2. The summed E-state index contributed by atoms with van der Waals surface area (Å²) in [7, 11) is -2.25. The molecule has 1 aliphatic heterocycles. The van der Waals surface area contributed by atoms with Gasteiger partial charge in [-0.2, -0.15) is 9.40 Å². The van der Waals surface area contributed by atoms with Gasteiger partial charge in [0.05, 0.1) is 11.3 Å². The Morgan fingerprint density at radius 1 is 1.36 bits per heavy atom. The van der Waals surface area contributed by atoms with Crippen LogP contribution in [0.15, 0.2) is 29.2 Å². The van der Waals surface area contributed by atoms with E-state index < -0.39 is 21.4 Å². The quantitative estimate of drug-likeness (QED) is 0.817. The van der Waals surface area contributed by atoms with Crippen molar-refractivity contribution in [2.75, 3.05) is 13.1 Å². The van der Waals surface area contributed by atoms with Crippen LogP contribution >= 0.6 is 11.6 Å². The molecule has 9 heteroatoms. The average molecular weight is 428 g/mol. The van der Waals surface area contributed by atoms with Crippen LogP contribution in [-0.4, -0.2) is 40.7 Å². The van der Waals surface area contributed by atoms with Gasteiger partial charge >= 0.3 is 0 Å². The molecule has 0 bridgehead atoms. The fourth-order valence-electron chi connectivity index (χ4n) is 4.83. The predicted octanol–water partition coefficient (Wildman–Crippen LogP) is 2.83. The lowest BCUT2D eigenvalue weighted by atomic mass is 9.67. The molecule has 0 unspecified atom stereocenters. The van der Waals surface area contributed by atoms with Crippen molar-refractivity contribution in [1.29, 1.82) is 0 Å². The summed E-state index contributed by atoms with van der Waals surface area (Å²) in [6.45, 7) is 2.10. The van der Waals surface area contributed by atoms with Crippen LogP contribution in [0.5, 0.6) is 0 Å². The van der Waals surface area contributed by atoms with Crippen LogP contribution in [0.25, 0.3) is 0 Å². The third kappa shape index (κ3) is 2.98. The second-order valence-electron chi connectivity index (χ2n) is 7.84. The van der Waals surface area contributed by atoms with E-state index in [0.717, 1.165) is 12.8 Å². The third-order valence-corrected chi connectivity index (χ3v) is 8.70. The molecular weight excluding hydrogens is 405 g/mol. The van der Waals surface area contributed by atoms with Crippen LogP contribution < -0.4 is 0 Å². The Bertz CT molecular complexity index is 1030. The molecule has 152 valence electrons. The number of fused-ring (bicyclic) bond motifs is 1. The Morgan fingerprint density at radius 3 is 2.75 bits per heavy atom. The van der Waals surface area contributed by atoms with E-state index in [1.165, 1.54) is 21.1 Å². The summed E-state index contributed by atoms with van der Waals surface area (Å²) in [5.41, 5.74) is -0.386. The summed E-state index contributed by atoms with van der Waals surface area (Å²) in [4.78, 5) is 0.0182. The molecule has 2 aromatic rings. The summed E-state index contributed by atoms with van der Waals surface area (Å²) in [5, 5.41) is 15.7. The monoisotopic (exact) mass is 427 g/mol. The molecule has 28 heavy (non-hydrogen) atoms. The number of sulfonamides is 1. The summed E-state index contributed by atoms with van der Waals surface area (Å²) in [5.74, 6) is -0.700. The first-order chi connectivity index (χ1) is 13.1. The van der Waals surface area contributed by atoms with Gasteiger partial charge in [-0.1, -0.05) is 23.7 Å². The molecule has 0 amide bonds. The van der Waals surface area contributed by atoms with Crippen LogP contribution in [0.4, 0.5) is 4.39 Å².